The molecule has 17 heavy (non-hydrogen) atoms. The lowest BCUT2D eigenvalue weighted by Crippen LogP contribution is -2.43. The smallest absolute Gasteiger partial charge is 0.222 e. The second-order valence-corrected chi connectivity index (χ2v) is 6.27. The summed E-state index contributed by atoms with van der Waals surface area (Å²) in [6.45, 7) is 3.77. The summed E-state index contributed by atoms with van der Waals surface area (Å²) in [5.74, 6) is 1.35. The monoisotopic (exact) mass is 236 g/mol. The molecule has 2 aliphatic heterocycles. The average Bonchev–Trinajstić information content (AvgIpc) is 3.10. The molecule has 0 aromatic rings. The summed E-state index contributed by atoms with van der Waals surface area (Å²) in [6, 6.07) is 0. The zero-order valence-electron chi connectivity index (χ0n) is 11.0. The summed E-state index contributed by atoms with van der Waals surface area (Å²) in [4.78, 5) is 16.4. The normalized spacial score (nSPS) is 35.6. The first-order valence-corrected chi connectivity index (χ1v) is 7.19. The SMILES string of the molecule is CN1C(=O)CCC12CCCN(CC1CC1)CC2. The van der Waals surface area contributed by atoms with Gasteiger partial charge in [-0.1, -0.05) is 0 Å². The Bertz CT molecular complexity index is 313. The zero-order chi connectivity index (χ0) is 11.9. The highest BCUT2D eigenvalue weighted by Gasteiger charge is 2.43. The Morgan fingerprint density at radius 2 is 2.06 bits per heavy atom. The number of hydrogen-bond donors (Lipinski definition) is 0. The van der Waals surface area contributed by atoms with Crippen molar-refractivity contribution in [2.75, 3.05) is 26.7 Å². The van der Waals surface area contributed by atoms with Gasteiger partial charge >= 0.3 is 0 Å². The van der Waals surface area contributed by atoms with Crippen LogP contribution in [0.25, 0.3) is 0 Å². The molecule has 0 N–H and O–H groups in total. The third kappa shape index (κ3) is 2.22. The van der Waals surface area contributed by atoms with E-state index in [9.17, 15) is 4.79 Å². The fourth-order valence-electron chi connectivity index (χ4n) is 3.61. The van der Waals surface area contributed by atoms with Crippen LogP contribution in [0.4, 0.5) is 0 Å². The number of carbonyl (C=O) groups excluding carboxylic acids is 1. The van der Waals surface area contributed by atoms with Gasteiger partial charge in [-0.05, 0) is 51.0 Å². The summed E-state index contributed by atoms with van der Waals surface area (Å²) in [6.07, 6.45) is 8.45. The van der Waals surface area contributed by atoms with E-state index >= 15 is 0 Å². The van der Waals surface area contributed by atoms with Crippen molar-refractivity contribution in [2.24, 2.45) is 5.92 Å². The molecule has 2 saturated heterocycles. The Hall–Kier alpha value is -0.570. The second kappa shape index (κ2) is 4.27. The molecule has 3 nitrogen and oxygen atoms in total. The molecular formula is C14H24N2O. The van der Waals surface area contributed by atoms with Crippen LogP contribution < -0.4 is 0 Å². The maximum absolute atomic E-state index is 11.7. The van der Waals surface area contributed by atoms with Gasteiger partial charge in [-0.25, -0.2) is 0 Å². The van der Waals surface area contributed by atoms with E-state index in [-0.39, 0.29) is 5.54 Å². The highest BCUT2D eigenvalue weighted by Crippen LogP contribution is 2.38. The minimum atomic E-state index is 0.218. The van der Waals surface area contributed by atoms with E-state index < -0.39 is 0 Å². The molecule has 96 valence electrons. The van der Waals surface area contributed by atoms with E-state index in [4.69, 9.17) is 0 Å². The molecule has 1 unspecified atom stereocenters. The molecule has 3 aliphatic rings. The van der Waals surface area contributed by atoms with Crippen molar-refractivity contribution in [3.63, 3.8) is 0 Å². The molecule has 1 atom stereocenters. The van der Waals surface area contributed by atoms with Crippen molar-refractivity contribution in [3.8, 4) is 0 Å². The van der Waals surface area contributed by atoms with Crippen LogP contribution in [-0.4, -0.2) is 47.9 Å². The predicted octanol–water partition coefficient (Wildman–Crippen LogP) is 1.87. The van der Waals surface area contributed by atoms with E-state index in [2.05, 4.69) is 9.80 Å². The van der Waals surface area contributed by atoms with Crippen LogP contribution in [0.3, 0.4) is 0 Å². The van der Waals surface area contributed by atoms with Gasteiger partial charge in [-0.2, -0.15) is 0 Å². The molecule has 0 radical (unpaired) electrons. The van der Waals surface area contributed by atoms with Crippen LogP contribution in [-0.2, 0) is 4.79 Å². The van der Waals surface area contributed by atoms with Gasteiger partial charge in [0.1, 0.15) is 0 Å². The molecule has 2 heterocycles. The first-order valence-electron chi connectivity index (χ1n) is 7.19. The number of hydrogen-bond acceptors (Lipinski definition) is 2. The average molecular weight is 236 g/mol. The molecule has 3 rings (SSSR count). The van der Waals surface area contributed by atoms with Gasteiger partial charge in [0.05, 0.1) is 0 Å². The molecule has 1 spiro atoms. The van der Waals surface area contributed by atoms with Crippen molar-refractivity contribution in [3.05, 3.63) is 0 Å². The quantitative estimate of drug-likeness (QED) is 0.731. The lowest BCUT2D eigenvalue weighted by molar-refractivity contribution is -0.129. The zero-order valence-corrected chi connectivity index (χ0v) is 11.0. The molecule has 1 aliphatic carbocycles. The van der Waals surface area contributed by atoms with Crippen molar-refractivity contribution in [2.45, 2.75) is 50.5 Å². The Morgan fingerprint density at radius 1 is 1.24 bits per heavy atom. The lowest BCUT2D eigenvalue weighted by atomic mass is 9.88. The fraction of sp³-hybridized carbons (Fsp3) is 0.929. The maximum Gasteiger partial charge on any atom is 0.222 e. The number of amides is 1. The van der Waals surface area contributed by atoms with Crippen molar-refractivity contribution >= 4 is 5.91 Å². The Balaban J connectivity index is 1.62. The Morgan fingerprint density at radius 3 is 2.71 bits per heavy atom. The summed E-state index contributed by atoms with van der Waals surface area (Å²) in [5.41, 5.74) is 0.218. The molecular weight excluding hydrogens is 212 g/mol. The van der Waals surface area contributed by atoms with E-state index in [0.717, 1.165) is 18.8 Å². The predicted molar refractivity (Wildman–Crippen MR) is 67.8 cm³/mol. The van der Waals surface area contributed by atoms with Crippen molar-refractivity contribution in [1.82, 2.24) is 9.80 Å². The van der Waals surface area contributed by atoms with Gasteiger partial charge in [0.2, 0.25) is 5.91 Å². The largest absolute Gasteiger partial charge is 0.340 e. The molecule has 0 bridgehead atoms. The lowest BCUT2D eigenvalue weighted by Gasteiger charge is -2.35. The van der Waals surface area contributed by atoms with E-state index in [0.29, 0.717) is 5.91 Å². The molecule has 0 aromatic carbocycles. The van der Waals surface area contributed by atoms with Crippen molar-refractivity contribution in [1.29, 1.82) is 0 Å². The minimum absolute atomic E-state index is 0.218. The second-order valence-electron chi connectivity index (χ2n) is 6.27. The number of likely N-dealkylation sites (tertiary alicyclic amines) is 2. The minimum Gasteiger partial charge on any atom is -0.340 e. The van der Waals surface area contributed by atoms with Crippen LogP contribution in [0, 0.1) is 5.92 Å². The van der Waals surface area contributed by atoms with Crippen LogP contribution >= 0.6 is 0 Å². The highest BCUT2D eigenvalue weighted by atomic mass is 16.2. The molecule has 0 aromatic heterocycles. The van der Waals surface area contributed by atoms with Gasteiger partial charge in [0, 0.05) is 32.1 Å². The van der Waals surface area contributed by atoms with Crippen LogP contribution in [0.5, 0.6) is 0 Å². The number of rotatable bonds is 2. The summed E-state index contributed by atoms with van der Waals surface area (Å²) in [5, 5.41) is 0. The maximum atomic E-state index is 11.7. The van der Waals surface area contributed by atoms with Gasteiger partial charge < -0.3 is 9.80 Å². The molecule has 3 fully saturated rings. The van der Waals surface area contributed by atoms with E-state index in [1.165, 1.54) is 51.7 Å². The number of nitrogens with zero attached hydrogens (tertiary/aromatic N) is 2. The molecule has 1 saturated carbocycles. The Labute approximate surface area is 104 Å². The third-order valence-electron chi connectivity index (χ3n) is 5.11. The van der Waals surface area contributed by atoms with Gasteiger partial charge in [-0.3, -0.25) is 4.79 Å². The van der Waals surface area contributed by atoms with Crippen LogP contribution in [0.1, 0.15) is 44.9 Å². The van der Waals surface area contributed by atoms with Crippen molar-refractivity contribution < 1.29 is 4.79 Å². The molecule has 1 amide bonds. The van der Waals surface area contributed by atoms with E-state index in [1.54, 1.807) is 0 Å². The van der Waals surface area contributed by atoms with Gasteiger partial charge in [-0.15, -0.1) is 0 Å². The van der Waals surface area contributed by atoms with E-state index in [1.807, 2.05) is 7.05 Å². The summed E-state index contributed by atoms with van der Waals surface area (Å²) in [7, 11) is 2.02. The number of carbonyl (C=O) groups is 1. The topological polar surface area (TPSA) is 23.6 Å². The molecule has 3 heteroatoms. The highest BCUT2D eigenvalue weighted by molar-refractivity contribution is 5.79. The van der Waals surface area contributed by atoms with Crippen LogP contribution in [0.15, 0.2) is 0 Å². The first kappa shape index (κ1) is 11.5. The standard InChI is InChI=1S/C14H24N2O/c1-15-13(17)5-7-14(15)6-2-9-16(10-8-14)11-12-3-4-12/h12H,2-11H2,1H3. The van der Waals surface area contributed by atoms with Crippen LogP contribution in [0.2, 0.25) is 0 Å². The first-order chi connectivity index (χ1) is 8.20. The van der Waals surface area contributed by atoms with Gasteiger partial charge in [0.15, 0.2) is 0 Å². The third-order valence-corrected chi connectivity index (χ3v) is 5.11. The summed E-state index contributed by atoms with van der Waals surface area (Å²) >= 11 is 0. The summed E-state index contributed by atoms with van der Waals surface area (Å²) < 4.78 is 0. The fourth-order valence-corrected chi connectivity index (χ4v) is 3.61. The Kier molecular flexibility index (Phi) is 2.89. The van der Waals surface area contributed by atoms with Gasteiger partial charge in [0.25, 0.3) is 0 Å².